The average molecular weight is 806 g/mol. The van der Waals surface area contributed by atoms with E-state index in [9.17, 15) is 0 Å². The number of hydrogen-bond acceptors (Lipinski definition) is 4. The zero-order valence-corrected chi connectivity index (χ0v) is 34.3. The van der Waals surface area contributed by atoms with Crippen molar-refractivity contribution < 1.29 is 0 Å². The number of benzene rings is 7. The van der Waals surface area contributed by atoms with Crippen LogP contribution in [0.5, 0.6) is 0 Å². The summed E-state index contributed by atoms with van der Waals surface area (Å²) in [7, 11) is 0. The van der Waals surface area contributed by atoms with E-state index in [1.54, 1.807) is 0 Å². The van der Waals surface area contributed by atoms with E-state index in [-0.39, 0.29) is 0 Å². The molecular weight excluding hydrogens is 771 g/mol. The van der Waals surface area contributed by atoms with Gasteiger partial charge in [0.2, 0.25) is 0 Å². The van der Waals surface area contributed by atoms with Gasteiger partial charge in [0.1, 0.15) is 11.4 Å². The van der Waals surface area contributed by atoms with Crippen LogP contribution in [0.1, 0.15) is 27.8 Å². The van der Waals surface area contributed by atoms with Gasteiger partial charge in [0.05, 0.1) is 5.41 Å². The number of nitrogens with zero attached hydrogens (tertiary/aromatic N) is 3. The second-order valence-corrected chi connectivity index (χ2v) is 17.4. The number of allylic oxidation sites excluding steroid dienone is 10. The molecule has 7 aromatic carbocycles. The first-order valence-corrected chi connectivity index (χ1v) is 21.9. The summed E-state index contributed by atoms with van der Waals surface area (Å²) in [4.78, 5) is 0. The van der Waals surface area contributed by atoms with Gasteiger partial charge in [-0.2, -0.15) is 0 Å². The highest BCUT2D eigenvalue weighted by molar-refractivity contribution is 7.26. The Kier molecular flexibility index (Phi) is 7.69. The summed E-state index contributed by atoms with van der Waals surface area (Å²) in [6.07, 6.45) is 16.7. The Morgan fingerprint density at radius 1 is 0.403 bits per heavy atom. The Morgan fingerprint density at radius 3 is 1.74 bits per heavy atom. The van der Waals surface area contributed by atoms with Crippen molar-refractivity contribution in [1.82, 2.24) is 15.4 Å². The summed E-state index contributed by atoms with van der Waals surface area (Å²) in [5, 5.41) is 16.7. The average Bonchev–Trinajstić information content (AvgIpc) is 4.04. The lowest BCUT2D eigenvalue weighted by atomic mass is 9.59. The molecule has 1 unspecified atom stereocenters. The van der Waals surface area contributed by atoms with E-state index in [0.29, 0.717) is 0 Å². The van der Waals surface area contributed by atoms with Crippen molar-refractivity contribution in [3.63, 3.8) is 0 Å². The fraction of sp³-hybridized carbons (Fsp3) is 0.0172. The van der Waals surface area contributed by atoms with Gasteiger partial charge in [-0.25, -0.2) is 0 Å². The van der Waals surface area contributed by atoms with Gasteiger partial charge in [0.25, 0.3) is 0 Å². The molecule has 0 bridgehead atoms. The standard InChI is InChI=1S/C58H35N3S/c1-3-16-36(17-4-1)53-56(37-18-5-2-6-19-37)59-61-60-57(53)45-25-12-11-24-44(45)54-46(30-32-52-55(54)47-26-13-14-28-51(47)62-52)48-31-29-43-41-23-10-8-21-39(41)35-50(43)58(48)33-15-27-42-40-22-9-7-20-38(40)34-49(42)58/h1-35H. The third kappa shape index (κ3) is 5.02. The molecule has 0 N–H and O–H groups in total. The Hall–Kier alpha value is -7.79. The van der Waals surface area contributed by atoms with Crippen molar-refractivity contribution >= 4 is 60.4 Å². The molecule has 0 fully saturated rings. The smallest absolute Gasteiger partial charge is 0.105 e. The molecule has 0 saturated carbocycles. The molecule has 0 amide bonds. The summed E-state index contributed by atoms with van der Waals surface area (Å²) in [5.74, 6) is 0. The summed E-state index contributed by atoms with van der Waals surface area (Å²) in [6, 6.07) is 61.0. The predicted molar refractivity (Wildman–Crippen MR) is 259 cm³/mol. The van der Waals surface area contributed by atoms with Crippen LogP contribution in [-0.4, -0.2) is 15.4 Å². The van der Waals surface area contributed by atoms with Crippen molar-refractivity contribution in [3.8, 4) is 44.8 Å². The zero-order valence-electron chi connectivity index (χ0n) is 33.5. The van der Waals surface area contributed by atoms with E-state index in [0.717, 1.165) is 39.2 Å². The van der Waals surface area contributed by atoms with Gasteiger partial charge in [-0.05, 0) is 102 Å². The molecule has 1 spiro atoms. The Morgan fingerprint density at radius 2 is 1.00 bits per heavy atom. The van der Waals surface area contributed by atoms with Gasteiger partial charge in [0.15, 0.2) is 0 Å². The first-order chi connectivity index (χ1) is 30.8. The molecule has 1 atom stereocenters. The molecule has 9 aromatic rings. The second kappa shape index (κ2) is 13.6. The molecule has 2 aromatic heterocycles. The molecule has 288 valence electrons. The molecule has 62 heavy (non-hydrogen) atoms. The Balaban J connectivity index is 1.13. The molecule has 4 heteroatoms. The maximum Gasteiger partial charge on any atom is 0.105 e. The quantitative estimate of drug-likeness (QED) is 0.174. The molecule has 4 aliphatic carbocycles. The van der Waals surface area contributed by atoms with Gasteiger partial charge in [-0.1, -0.05) is 188 Å². The fourth-order valence-electron chi connectivity index (χ4n) is 10.5. The first kappa shape index (κ1) is 35.0. The molecular formula is C58H35N3S. The number of rotatable bonds is 5. The summed E-state index contributed by atoms with van der Waals surface area (Å²) < 4.78 is 2.51. The number of fused-ring (bicyclic) bond motifs is 11. The zero-order chi connectivity index (χ0) is 40.8. The summed E-state index contributed by atoms with van der Waals surface area (Å²) in [6.45, 7) is 0. The topological polar surface area (TPSA) is 38.7 Å². The Bertz CT molecular complexity index is 3540. The van der Waals surface area contributed by atoms with E-state index < -0.39 is 5.41 Å². The van der Waals surface area contributed by atoms with E-state index in [1.165, 1.54) is 81.4 Å². The van der Waals surface area contributed by atoms with E-state index in [4.69, 9.17) is 10.2 Å². The second-order valence-electron chi connectivity index (χ2n) is 16.3. The minimum absolute atomic E-state index is 0.582. The highest BCUT2D eigenvalue weighted by atomic mass is 32.1. The van der Waals surface area contributed by atoms with Crippen LogP contribution < -0.4 is 0 Å². The number of thiophene rings is 1. The summed E-state index contributed by atoms with van der Waals surface area (Å²) in [5.41, 5.74) is 20.0. The minimum Gasteiger partial charge on any atom is -0.135 e. The molecule has 2 heterocycles. The van der Waals surface area contributed by atoms with Crippen molar-refractivity contribution in [2.45, 2.75) is 0 Å². The molecule has 0 saturated heterocycles. The lowest BCUT2D eigenvalue weighted by Gasteiger charge is -2.42. The lowest BCUT2D eigenvalue weighted by molar-refractivity contribution is 0.779. The lowest BCUT2D eigenvalue weighted by Crippen LogP contribution is -2.29. The van der Waals surface area contributed by atoms with Crippen LogP contribution in [0.25, 0.3) is 93.8 Å². The van der Waals surface area contributed by atoms with Crippen molar-refractivity contribution in [1.29, 1.82) is 0 Å². The van der Waals surface area contributed by atoms with Crippen LogP contribution in [0.3, 0.4) is 0 Å². The maximum absolute atomic E-state index is 4.97. The van der Waals surface area contributed by atoms with Gasteiger partial charge in [0, 0.05) is 36.9 Å². The highest BCUT2D eigenvalue weighted by Crippen LogP contribution is 2.65. The molecule has 0 radical (unpaired) electrons. The SMILES string of the molecule is C1=CC2(C3=Cc4ccccc4C3=C1)C1=Cc3ccccc3C1=CC=C2c1ccc2sc3ccccc3c2c1-c1ccccc1-c1nnnc(-c2ccccc2)c1-c1ccccc1. The largest absolute Gasteiger partial charge is 0.135 e. The maximum atomic E-state index is 4.97. The van der Waals surface area contributed by atoms with E-state index in [2.05, 4.69) is 212 Å². The molecule has 4 aliphatic rings. The fourth-order valence-corrected chi connectivity index (χ4v) is 11.6. The van der Waals surface area contributed by atoms with E-state index in [1.807, 2.05) is 17.4 Å². The van der Waals surface area contributed by atoms with E-state index >= 15 is 0 Å². The van der Waals surface area contributed by atoms with Crippen LogP contribution in [0, 0.1) is 5.41 Å². The third-order valence-corrected chi connectivity index (χ3v) is 14.3. The van der Waals surface area contributed by atoms with Crippen molar-refractivity contribution in [2.75, 3.05) is 0 Å². The van der Waals surface area contributed by atoms with Gasteiger partial charge < -0.3 is 0 Å². The van der Waals surface area contributed by atoms with Crippen LogP contribution in [0.15, 0.2) is 211 Å². The van der Waals surface area contributed by atoms with Gasteiger partial charge in [-0.15, -0.1) is 21.5 Å². The first-order valence-electron chi connectivity index (χ1n) is 21.1. The van der Waals surface area contributed by atoms with Gasteiger partial charge >= 0.3 is 0 Å². The van der Waals surface area contributed by atoms with Crippen molar-refractivity contribution in [2.24, 2.45) is 5.41 Å². The van der Waals surface area contributed by atoms with Crippen LogP contribution in [-0.2, 0) is 0 Å². The predicted octanol–water partition coefficient (Wildman–Crippen LogP) is 14.8. The number of aromatic nitrogens is 3. The summed E-state index contributed by atoms with van der Waals surface area (Å²) >= 11 is 1.85. The molecule has 13 rings (SSSR count). The third-order valence-electron chi connectivity index (χ3n) is 13.1. The monoisotopic (exact) mass is 805 g/mol. The van der Waals surface area contributed by atoms with Crippen molar-refractivity contribution in [3.05, 3.63) is 239 Å². The highest BCUT2D eigenvalue weighted by Gasteiger charge is 2.49. The molecule has 3 nitrogen and oxygen atoms in total. The molecule has 0 aliphatic heterocycles. The van der Waals surface area contributed by atoms with Crippen LogP contribution >= 0.6 is 11.3 Å². The normalized spacial score (nSPS) is 16.9. The number of hydrogen-bond donors (Lipinski definition) is 0. The Labute approximate surface area is 363 Å². The minimum atomic E-state index is -0.582. The van der Waals surface area contributed by atoms with Gasteiger partial charge in [-0.3, -0.25) is 0 Å². The van der Waals surface area contributed by atoms with Crippen LogP contribution in [0.2, 0.25) is 0 Å². The van der Waals surface area contributed by atoms with Crippen LogP contribution in [0.4, 0.5) is 0 Å².